The molecule has 0 N–H and O–H groups in total. The number of hydrogen-bond donors (Lipinski definition) is 0. The minimum Gasteiger partial charge on any atom is -0.469 e. The second kappa shape index (κ2) is 14.0. The molecular weight excluding hydrogens is 767 g/mol. The zero-order chi connectivity index (χ0) is 44.0. The summed E-state index contributed by atoms with van der Waals surface area (Å²) in [6.45, 7) is 0. The number of nitrogens with zero attached hydrogens (tertiary/aromatic N) is 3. The van der Waals surface area contributed by atoms with Crippen molar-refractivity contribution in [3.05, 3.63) is 235 Å². The molecule has 5 heterocycles. The van der Waals surface area contributed by atoms with E-state index in [9.17, 15) is 5.48 Å². The molecule has 6 nitrogen and oxygen atoms in total. The summed E-state index contributed by atoms with van der Waals surface area (Å²) >= 11 is 0. The Kier molecular flexibility index (Phi) is 7.19. The van der Waals surface area contributed by atoms with Crippen LogP contribution in [0, 0.1) is 0 Å². The SMILES string of the molecule is [2H]C([2H])(c1ccco1)C1(C([2H])([2H])c2ccco2)c2ccccc2Oc2c1cccc2[Si](c1ccccc1)(c1ccccc1)c1cccc(-n2c3ccccc3n3c4ccccc4nc23)c1. The monoisotopic (exact) mass is 809 g/mol. The van der Waals surface area contributed by atoms with Gasteiger partial charge in [0.05, 0.1) is 34.6 Å². The molecule has 7 aromatic carbocycles. The number of rotatable bonds is 9. The third-order valence-corrected chi connectivity index (χ3v) is 16.8. The Morgan fingerprint density at radius 1 is 0.525 bits per heavy atom. The van der Waals surface area contributed by atoms with Crippen LogP contribution in [0.2, 0.25) is 0 Å². The first kappa shape index (κ1) is 31.3. The lowest BCUT2D eigenvalue weighted by atomic mass is 9.67. The van der Waals surface area contributed by atoms with Gasteiger partial charge in [0, 0.05) is 40.5 Å². The van der Waals surface area contributed by atoms with Crippen LogP contribution >= 0.6 is 0 Å². The number of imidazole rings is 2. The summed E-state index contributed by atoms with van der Waals surface area (Å²) in [4.78, 5) is 5.21. The summed E-state index contributed by atoms with van der Waals surface area (Å²) in [7, 11) is -3.58. The van der Waals surface area contributed by atoms with E-state index in [2.05, 4.69) is 118 Å². The fraction of sp³-hybridized carbons (Fsp3) is 0.0556. The number of para-hydroxylation sites is 6. The van der Waals surface area contributed by atoms with Gasteiger partial charge in [-0.15, -0.1) is 0 Å². The van der Waals surface area contributed by atoms with E-state index in [-0.39, 0.29) is 11.5 Å². The molecule has 12 rings (SSSR count). The molecule has 0 unspecified atom stereocenters. The van der Waals surface area contributed by atoms with Crippen LogP contribution in [0.3, 0.4) is 0 Å². The van der Waals surface area contributed by atoms with Crippen molar-refractivity contribution in [2.75, 3.05) is 0 Å². The van der Waals surface area contributed by atoms with Gasteiger partial charge in [-0.05, 0) is 87.5 Å². The largest absolute Gasteiger partial charge is 0.469 e. The van der Waals surface area contributed by atoms with E-state index >= 15 is 0 Å². The van der Waals surface area contributed by atoms with Gasteiger partial charge in [-0.1, -0.05) is 133 Å². The summed E-state index contributed by atoms with van der Waals surface area (Å²) in [5.41, 5.74) is 3.42. The van der Waals surface area contributed by atoms with Crippen molar-refractivity contribution in [3.8, 4) is 17.2 Å². The Labute approximate surface area is 359 Å². The van der Waals surface area contributed by atoms with E-state index in [0.717, 1.165) is 54.3 Å². The molecular formula is C54H39N3O3Si. The molecule has 292 valence electrons. The first-order valence-electron chi connectivity index (χ1n) is 22.4. The molecule has 0 atom stereocenters. The van der Waals surface area contributed by atoms with Crippen LogP contribution in [0.1, 0.15) is 28.1 Å². The molecule has 61 heavy (non-hydrogen) atoms. The molecule has 7 heteroatoms. The van der Waals surface area contributed by atoms with Gasteiger partial charge >= 0.3 is 0 Å². The van der Waals surface area contributed by atoms with Gasteiger partial charge in [0.15, 0.2) is 8.07 Å². The topological polar surface area (TPSA) is 57.7 Å². The molecule has 0 spiro atoms. The van der Waals surface area contributed by atoms with Gasteiger partial charge in [0.25, 0.3) is 0 Å². The standard InChI is InChI=1S/C54H39N3O3Si/c1-3-20-41(21-4-1)61(42-22-5-2-6-23-42,43-24-13-17-38(35-43)56-48-29-10-11-30-49(48)57-47-28-9-8-27-46(47)55-53(56)57)51-32-14-26-45-52(51)60-50-31-12-7-25-44(50)54(45,36-39-18-15-33-58-39)37-40-19-16-34-59-40/h1-35H,36-37H2/i36D2,37D2. The van der Waals surface area contributed by atoms with Crippen molar-refractivity contribution >= 4 is 56.7 Å². The molecule has 0 bridgehead atoms. The maximum Gasteiger partial charge on any atom is 0.220 e. The number of furan rings is 2. The van der Waals surface area contributed by atoms with Gasteiger partial charge in [-0.3, -0.25) is 8.97 Å². The molecule has 0 fully saturated rings. The molecule has 0 radical (unpaired) electrons. The van der Waals surface area contributed by atoms with Crippen LogP contribution in [0.15, 0.2) is 222 Å². The summed E-state index contributed by atoms with van der Waals surface area (Å²) in [5, 5.41) is 3.97. The van der Waals surface area contributed by atoms with Crippen molar-refractivity contribution in [2.24, 2.45) is 0 Å². The third kappa shape index (κ3) is 5.37. The van der Waals surface area contributed by atoms with E-state index in [1.54, 1.807) is 42.5 Å². The first-order chi connectivity index (χ1) is 31.8. The van der Waals surface area contributed by atoms with Crippen LogP contribution in [0.4, 0.5) is 0 Å². The van der Waals surface area contributed by atoms with E-state index in [0.29, 0.717) is 22.6 Å². The van der Waals surface area contributed by atoms with Gasteiger partial charge in [0.2, 0.25) is 5.78 Å². The first-order valence-corrected chi connectivity index (χ1v) is 22.4. The van der Waals surface area contributed by atoms with E-state index in [4.69, 9.17) is 18.6 Å². The van der Waals surface area contributed by atoms with Crippen molar-refractivity contribution in [2.45, 2.75) is 18.2 Å². The quantitative estimate of drug-likeness (QED) is 0.108. The average molecular weight is 810 g/mol. The zero-order valence-electron chi connectivity index (χ0n) is 36.8. The Hall–Kier alpha value is -7.61. The smallest absolute Gasteiger partial charge is 0.220 e. The van der Waals surface area contributed by atoms with Gasteiger partial charge in [0.1, 0.15) is 23.0 Å². The van der Waals surface area contributed by atoms with Crippen molar-refractivity contribution in [1.29, 1.82) is 0 Å². The predicted molar refractivity (Wildman–Crippen MR) is 245 cm³/mol. The fourth-order valence-electron chi connectivity index (χ4n) is 9.55. The third-order valence-electron chi connectivity index (χ3n) is 12.0. The highest BCUT2D eigenvalue weighted by molar-refractivity contribution is 7.20. The van der Waals surface area contributed by atoms with E-state index in [1.807, 2.05) is 48.5 Å². The molecule has 0 saturated heterocycles. The van der Waals surface area contributed by atoms with E-state index in [1.165, 1.54) is 12.5 Å². The van der Waals surface area contributed by atoms with Crippen LogP contribution < -0.4 is 25.5 Å². The van der Waals surface area contributed by atoms with Crippen LogP contribution in [0.5, 0.6) is 11.5 Å². The fourth-order valence-corrected chi connectivity index (χ4v) is 14.5. The maximum atomic E-state index is 10.3. The number of fused-ring (bicyclic) bond motifs is 7. The summed E-state index contributed by atoms with van der Waals surface area (Å²) in [5.74, 6) is 1.46. The maximum absolute atomic E-state index is 10.3. The molecule has 1 aliphatic heterocycles. The van der Waals surface area contributed by atoms with Crippen molar-refractivity contribution in [3.63, 3.8) is 0 Å². The Balaban J connectivity index is 1.22. The summed E-state index contributed by atoms with van der Waals surface area (Å²) in [6, 6.07) is 65.6. The number of aromatic nitrogens is 3. The highest BCUT2D eigenvalue weighted by atomic mass is 28.3. The molecule has 0 aliphatic carbocycles. The Morgan fingerprint density at radius 3 is 1.82 bits per heavy atom. The van der Waals surface area contributed by atoms with Gasteiger partial charge in [-0.25, -0.2) is 4.98 Å². The second-order valence-electron chi connectivity index (χ2n) is 15.3. The average Bonchev–Trinajstić information content (AvgIpc) is 4.19. The van der Waals surface area contributed by atoms with E-state index < -0.39 is 26.2 Å². The number of ether oxygens (including phenoxy) is 1. The molecule has 4 aromatic heterocycles. The van der Waals surface area contributed by atoms with Crippen LogP contribution in [-0.2, 0) is 18.2 Å². The lowest BCUT2D eigenvalue weighted by Gasteiger charge is -2.43. The van der Waals surface area contributed by atoms with Gasteiger partial charge < -0.3 is 13.6 Å². The molecule has 11 aromatic rings. The number of benzene rings is 7. The Morgan fingerprint density at radius 2 is 1.11 bits per heavy atom. The van der Waals surface area contributed by atoms with Crippen molar-refractivity contribution < 1.29 is 19.1 Å². The lowest BCUT2D eigenvalue weighted by Crippen LogP contribution is -2.75. The Bertz CT molecular complexity index is 3460. The molecule has 0 amide bonds. The second-order valence-corrected chi connectivity index (χ2v) is 19.1. The number of hydrogen-bond acceptors (Lipinski definition) is 4. The minimum atomic E-state index is -3.58. The highest BCUT2D eigenvalue weighted by Gasteiger charge is 2.49. The molecule has 0 saturated carbocycles. The molecule has 1 aliphatic rings. The van der Waals surface area contributed by atoms with Crippen molar-refractivity contribution in [1.82, 2.24) is 14.0 Å². The summed E-state index contributed by atoms with van der Waals surface area (Å²) in [6.07, 6.45) is -2.18. The van der Waals surface area contributed by atoms with Crippen LogP contribution in [-0.4, -0.2) is 22.0 Å². The zero-order valence-corrected chi connectivity index (χ0v) is 33.8. The highest BCUT2D eigenvalue weighted by Crippen LogP contribution is 2.51. The predicted octanol–water partition coefficient (Wildman–Crippen LogP) is 9.87. The van der Waals surface area contributed by atoms with Gasteiger partial charge in [-0.2, -0.15) is 0 Å². The normalized spacial score (nSPS) is 14.8. The minimum absolute atomic E-state index is 0.0276. The summed E-state index contributed by atoms with van der Waals surface area (Å²) < 4.78 is 64.7. The lowest BCUT2D eigenvalue weighted by molar-refractivity contribution is 0.347. The van der Waals surface area contributed by atoms with Crippen LogP contribution in [0.25, 0.3) is 33.5 Å².